The van der Waals surface area contributed by atoms with Gasteiger partial charge >= 0.3 is 0 Å². The lowest BCUT2D eigenvalue weighted by Gasteiger charge is -2.40. The van der Waals surface area contributed by atoms with Crippen molar-refractivity contribution in [3.8, 4) is 5.75 Å². The highest BCUT2D eigenvalue weighted by Crippen LogP contribution is 2.41. The second-order valence-corrected chi connectivity index (χ2v) is 7.36. The van der Waals surface area contributed by atoms with E-state index in [-0.39, 0.29) is 6.61 Å². The molecule has 0 bridgehead atoms. The minimum absolute atomic E-state index is 0.245. The fraction of sp³-hybridized carbons (Fsp3) is 0.444. The molecule has 0 saturated carbocycles. The largest absolute Gasteiger partial charge is 0.497 e. The summed E-state index contributed by atoms with van der Waals surface area (Å²) < 4.78 is 5.37. The van der Waals surface area contributed by atoms with E-state index >= 15 is 0 Å². The second-order valence-electron chi connectivity index (χ2n) is 6.14. The molecule has 2 aromatic rings. The third-order valence-corrected chi connectivity index (χ3v) is 6.14. The van der Waals surface area contributed by atoms with Crippen molar-refractivity contribution >= 4 is 11.3 Å². The second kappa shape index (κ2) is 5.69. The summed E-state index contributed by atoms with van der Waals surface area (Å²) in [4.78, 5) is 5.43. The highest BCUT2D eigenvalue weighted by molar-refractivity contribution is 7.12. The van der Waals surface area contributed by atoms with Gasteiger partial charge in [-0.15, -0.1) is 11.3 Å². The molecule has 0 saturated heterocycles. The molecule has 3 nitrogen and oxygen atoms in total. The molecule has 1 aromatic heterocycles. The minimum Gasteiger partial charge on any atom is -0.497 e. The maximum Gasteiger partial charge on any atom is 0.119 e. The van der Waals surface area contributed by atoms with Crippen molar-refractivity contribution in [3.05, 3.63) is 50.7 Å². The topological polar surface area (TPSA) is 32.7 Å². The highest BCUT2D eigenvalue weighted by Gasteiger charge is 2.33. The molecular weight excluding hydrogens is 294 g/mol. The zero-order chi connectivity index (χ0) is 15.1. The monoisotopic (exact) mass is 315 g/mol. The van der Waals surface area contributed by atoms with Gasteiger partial charge in [0.15, 0.2) is 0 Å². The molecule has 2 aliphatic heterocycles. The first kappa shape index (κ1) is 14.2. The summed E-state index contributed by atoms with van der Waals surface area (Å²) in [5.41, 5.74) is 4.38. The lowest BCUT2D eigenvalue weighted by molar-refractivity contribution is 0.162. The van der Waals surface area contributed by atoms with Crippen molar-refractivity contribution in [3.63, 3.8) is 0 Å². The molecule has 22 heavy (non-hydrogen) atoms. The first-order valence-corrected chi connectivity index (χ1v) is 8.72. The maximum absolute atomic E-state index is 9.15. The predicted octanol–water partition coefficient (Wildman–Crippen LogP) is 2.95. The number of rotatable bonds is 3. The Bertz CT molecular complexity index is 694. The Kier molecular flexibility index (Phi) is 3.68. The van der Waals surface area contributed by atoms with Gasteiger partial charge in [-0.05, 0) is 41.3 Å². The van der Waals surface area contributed by atoms with E-state index in [0.29, 0.717) is 6.04 Å². The number of hydrogen-bond acceptors (Lipinski definition) is 4. The molecule has 1 atom stereocenters. The zero-order valence-electron chi connectivity index (χ0n) is 12.8. The SMILES string of the molecule is COc1ccc2c(c1)CCN1Cc3cc(CCO)sc3CC21. The van der Waals surface area contributed by atoms with Crippen molar-refractivity contribution in [2.24, 2.45) is 0 Å². The predicted molar refractivity (Wildman–Crippen MR) is 88.7 cm³/mol. The number of fused-ring (bicyclic) bond motifs is 4. The summed E-state index contributed by atoms with van der Waals surface area (Å²) in [7, 11) is 1.73. The van der Waals surface area contributed by atoms with E-state index in [0.717, 1.165) is 38.1 Å². The van der Waals surface area contributed by atoms with E-state index in [4.69, 9.17) is 9.84 Å². The number of hydrogen-bond donors (Lipinski definition) is 1. The molecule has 0 spiro atoms. The van der Waals surface area contributed by atoms with Crippen LogP contribution in [0.1, 0.15) is 32.5 Å². The Morgan fingerprint density at radius 2 is 2.23 bits per heavy atom. The summed E-state index contributed by atoms with van der Waals surface area (Å²) in [5, 5.41) is 9.15. The molecule has 2 aliphatic rings. The average Bonchev–Trinajstić information content (AvgIpc) is 2.93. The minimum atomic E-state index is 0.245. The normalized spacial score (nSPS) is 20.2. The maximum atomic E-state index is 9.15. The van der Waals surface area contributed by atoms with E-state index in [2.05, 4.69) is 29.2 Å². The van der Waals surface area contributed by atoms with Gasteiger partial charge in [0.25, 0.3) is 0 Å². The van der Waals surface area contributed by atoms with Crippen LogP contribution in [0, 0.1) is 0 Å². The molecule has 4 heteroatoms. The number of benzene rings is 1. The van der Waals surface area contributed by atoms with Crippen LogP contribution in [-0.4, -0.2) is 30.3 Å². The number of methoxy groups -OCH3 is 1. The molecule has 116 valence electrons. The van der Waals surface area contributed by atoms with E-state index in [1.807, 2.05) is 11.3 Å². The van der Waals surface area contributed by atoms with E-state index in [9.17, 15) is 0 Å². The Morgan fingerprint density at radius 1 is 1.32 bits per heavy atom. The van der Waals surface area contributed by atoms with Crippen LogP contribution in [-0.2, 0) is 25.8 Å². The molecule has 1 unspecified atom stereocenters. The number of aliphatic hydroxyl groups is 1. The zero-order valence-corrected chi connectivity index (χ0v) is 13.7. The van der Waals surface area contributed by atoms with Crippen LogP contribution in [0.2, 0.25) is 0 Å². The van der Waals surface area contributed by atoms with Crippen molar-refractivity contribution in [2.45, 2.75) is 31.8 Å². The molecule has 1 aromatic carbocycles. The number of ether oxygens (including phenoxy) is 1. The van der Waals surface area contributed by atoms with Gasteiger partial charge in [-0.25, -0.2) is 0 Å². The molecule has 0 radical (unpaired) electrons. The van der Waals surface area contributed by atoms with Crippen molar-refractivity contribution in [1.82, 2.24) is 4.90 Å². The smallest absolute Gasteiger partial charge is 0.119 e. The van der Waals surface area contributed by atoms with Crippen LogP contribution < -0.4 is 4.74 Å². The number of thiophene rings is 1. The van der Waals surface area contributed by atoms with E-state index in [1.54, 1.807) is 7.11 Å². The summed E-state index contributed by atoms with van der Waals surface area (Å²) in [6, 6.07) is 9.34. The van der Waals surface area contributed by atoms with Gasteiger partial charge in [0.2, 0.25) is 0 Å². The van der Waals surface area contributed by atoms with Crippen LogP contribution in [0.4, 0.5) is 0 Å². The fourth-order valence-corrected chi connectivity index (χ4v) is 4.96. The average molecular weight is 315 g/mol. The van der Waals surface area contributed by atoms with Crippen LogP contribution >= 0.6 is 11.3 Å². The number of nitrogens with zero attached hydrogens (tertiary/aromatic N) is 1. The van der Waals surface area contributed by atoms with Gasteiger partial charge in [0, 0.05) is 48.3 Å². The third-order valence-electron chi connectivity index (χ3n) is 4.88. The lowest BCUT2D eigenvalue weighted by atomic mass is 9.87. The molecule has 1 N–H and O–H groups in total. The van der Waals surface area contributed by atoms with Crippen LogP contribution in [0.5, 0.6) is 5.75 Å². The Hall–Kier alpha value is -1.36. The van der Waals surface area contributed by atoms with Gasteiger partial charge in [0.05, 0.1) is 7.11 Å². The first-order chi connectivity index (χ1) is 10.8. The Balaban J connectivity index is 1.66. The number of aliphatic hydroxyl groups excluding tert-OH is 1. The van der Waals surface area contributed by atoms with Gasteiger partial charge in [-0.3, -0.25) is 4.90 Å². The quantitative estimate of drug-likeness (QED) is 0.945. The molecule has 0 aliphatic carbocycles. The van der Waals surface area contributed by atoms with E-state index in [1.165, 1.54) is 26.4 Å². The van der Waals surface area contributed by atoms with E-state index < -0.39 is 0 Å². The molecule has 3 heterocycles. The van der Waals surface area contributed by atoms with Crippen LogP contribution in [0.3, 0.4) is 0 Å². The highest BCUT2D eigenvalue weighted by atomic mass is 32.1. The summed E-state index contributed by atoms with van der Waals surface area (Å²) in [5.74, 6) is 0.963. The molecule has 4 rings (SSSR count). The summed E-state index contributed by atoms with van der Waals surface area (Å²) in [6.07, 6.45) is 2.99. The summed E-state index contributed by atoms with van der Waals surface area (Å²) >= 11 is 1.89. The molecule has 0 fully saturated rings. The Labute approximate surface area is 135 Å². The Morgan fingerprint density at radius 3 is 3.05 bits per heavy atom. The van der Waals surface area contributed by atoms with Gasteiger partial charge in [-0.2, -0.15) is 0 Å². The standard InChI is InChI=1S/C18H21NO2S/c1-21-14-2-3-16-12(8-14)4-6-19-11-13-9-15(5-7-20)22-18(13)10-17(16)19/h2-3,8-9,17,20H,4-7,10-11H2,1H3. The van der Waals surface area contributed by atoms with Crippen LogP contribution in [0.25, 0.3) is 0 Å². The van der Waals surface area contributed by atoms with Crippen LogP contribution in [0.15, 0.2) is 24.3 Å². The van der Waals surface area contributed by atoms with Gasteiger partial charge in [0.1, 0.15) is 5.75 Å². The van der Waals surface area contributed by atoms with Crippen molar-refractivity contribution in [1.29, 1.82) is 0 Å². The van der Waals surface area contributed by atoms with Crippen molar-refractivity contribution < 1.29 is 9.84 Å². The van der Waals surface area contributed by atoms with Crippen molar-refractivity contribution in [2.75, 3.05) is 20.3 Å². The summed E-state index contributed by atoms with van der Waals surface area (Å²) in [6.45, 7) is 2.41. The molecular formula is C18H21NO2S. The lowest BCUT2D eigenvalue weighted by Crippen LogP contribution is -2.38. The third kappa shape index (κ3) is 2.35. The first-order valence-electron chi connectivity index (χ1n) is 7.90. The van der Waals surface area contributed by atoms with Gasteiger partial charge < -0.3 is 9.84 Å². The molecule has 0 amide bonds. The fourth-order valence-electron chi connectivity index (χ4n) is 3.76. The van der Waals surface area contributed by atoms with Gasteiger partial charge in [-0.1, -0.05) is 6.07 Å².